The van der Waals surface area contributed by atoms with Crippen LogP contribution >= 0.6 is 0 Å². The Kier molecular flexibility index (Phi) is 3.11. The molecule has 25 heavy (non-hydrogen) atoms. The Balaban J connectivity index is 1.88. The molecule has 0 saturated heterocycles. The molecule has 2 aliphatic carbocycles. The van der Waals surface area contributed by atoms with Crippen molar-refractivity contribution in [1.29, 1.82) is 0 Å². The van der Waals surface area contributed by atoms with Gasteiger partial charge in [0.25, 0.3) is 0 Å². The highest BCUT2D eigenvalue weighted by molar-refractivity contribution is 5.60. The van der Waals surface area contributed by atoms with Crippen molar-refractivity contribution in [1.82, 2.24) is 5.32 Å². The summed E-state index contributed by atoms with van der Waals surface area (Å²) in [4.78, 5) is 0. The van der Waals surface area contributed by atoms with Crippen LogP contribution in [0.5, 0.6) is 0 Å². The summed E-state index contributed by atoms with van der Waals surface area (Å²) in [6.07, 6.45) is 6.21. The van der Waals surface area contributed by atoms with Crippen LogP contribution in [0.4, 0.5) is 0 Å². The van der Waals surface area contributed by atoms with Crippen molar-refractivity contribution in [2.24, 2.45) is 5.92 Å². The molecule has 0 spiro atoms. The van der Waals surface area contributed by atoms with Crippen LogP contribution in [0.2, 0.25) is 0 Å². The van der Waals surface area contributed by atoms with Crippen molar-refractivity contribution < 1.29 is 0 Å². The highest BCUT2D eigenvalue weighted by Gasteiger charge is 2.70. The van der Waals surface area contributed by atoms with Gasteiger partial charge in [-0.15, -0.1) is 0 Å². The molecule has 1 nitrogen and oxygen atoms in total. The summed E-state index contributed by atoms with van der Waals surface area (Å²) >= 11 is 0. The van der Waals surface area contributed by atoms with Crippen LogP contribution in [0.15, 0.2) is 48.5 Å². The molecule has 1 N–H and O–H groups in total. The van der Waals surface area contributed by atoms with Gasteiger partial charge in [0.2, 0.25) is 0 Å². The van der Waals surface area contributed by atoms with Gasteiger partial charge in [-0.2, -0.15) is 0 Å². The Morgan fingerprint density at radius 2 is 1.44 bits per heavy atom. The van der Waals surface area contributed by atoms with E-state index in [0.717, 1.165) is 12.3 Å². The molecule has 2 aromatic carbocycles. The van der Waals surface area contributed by atoms with Gasteiger partial charge in [0, 0.05) is 11.0 Å². The van der Waals surface area contributed by atoms with Crippen LogP contribution in [0.3, 0.4) is 0 Å². The van der Waals surface area contributed by atoms with Crippen LogP contribution in [-0.4, -0.2) is 0 Å². The molecule has 2 unspecified atom stereocenters. The molecule has 1 fully saturated rings. The quantitative estimate of drug-likeness (QED) is 0.766. The van der Waals surface area contributed by atoms with Gasteiger partial charge in [0.1, 0.15) is 0 Å². The molecule has 1 aliphatic heterocycles. The number of hydrogen-bond acceptors (Lipinski definition) is 1. The third-order valence-electron chi connectivity index (χ3n) is 7.68. The monoisotopic (exact) mass is 331 g/mol. The van der Waals surface area contributed by atoms with E-state index in [2.05, 4.69) is 74.6 Å². The summed E-state index contributed by atoms with van der Waals surface area (Å²) < 4.78 is 0. The van der Waals surface area contributed by atoms with E-state index in [1.165, 1.54) is 31.2 Å². The van der Waals surface area contributed by atoms with E-state index in [-0.39, 0.29) is 11.1 Å². The number of nitrogens with one attached hydrogen (secondary N) is 1. The molecule has 3 aliphatic rings. The SMILES string of the molecule is CCC[C@]12CC1[C@@]1(CC)NC(CC)(c3ccccc32)c2ccccc21. The van der Waals surface area contributed by atoms with Gasteiger partial charge in [0.15, 0.2) is 0 Å². The summed E-state index contributed by atoms with van der Waals surface area (Å²) in [6.45, 7) is 7.10. The zero-order valence-corrected chi connectivity index (χ0v) is 15.7. The molecule has 1 saturated carbocycles. The van der Waals surface area contributed by atoms with Crippen LogP contribution in [0.1, 0.15) is 75.1 Å². The lowest BCUT2D eigenvalue weighted by molar-refractivity contribution is 0.226. The molecule has 2 bridgehead atoms. The minimum atomic E-state index is -0.0165. The first-order valence-corrected chi connectivity index (χ1v) is 10.2. The molecular formula is C24H29N. The summed E-state index contributed by atoms with van der Waals surface area (Å²) in [5.74, 6) is 0.725. The van der Waals surface area contributed by atoms with Gasteiger partial charge in [-0.05, 0) is 53.9 Å². The Hall–Kier alpha value is -1.60. The molecule has 4 atom stereocenters. The van der Waals surface area contributed by atoms with Crippen LogP contribution in [0.25, 0.3) is 0 Å². The van der Waals surface area contributed by atoms with E-state index in [1.807, 2.05) is 0 Å². The fourth-order valence-electron chi connectivity index (χ4n) is 6.64. The lowest BCUT2D eigenvalue weighted by atomic mass is 9.71. The molecule has 130 valence electrons. The Morgan fingerprint density at radius 3 is 2.04 bits per heavy atom. The first kappa shape index (κ1) is 15.6. The normalized spacial score (nSPS) is 37.0. The topological polar surface area (TPSA) is 12.0 Å². The second-order valence-corrected chi connectivity index (χ2v) is 8.46. The zero-order chi connectivity index (χ0) is 17.3. The van der Waals surface area contributed by atoms with E-state index in [9.17, 15) is 0 Å². The van der Waals surface area contributed by atoms with Gasteiger partial charge in [-0.25, -0.2) is 0 Å². The largest absolute Gasteiger partial charge is 0.294 e. The molecular weight excluding hydrogens is 302 g/mol. The summed E-state index contributed by atoms with van der Waals surface area (Å²) in [7, 11) is 0. The van der Waals surface area contributed by atoms with Gasteiger partial charge in [-0.1, -0.05) is 75.7 Å². The predicted molar refractivity (Wildman–Crippen MR) is 104 cm³/mol. The summed E-state index contributed by atoms with van der Waals surface area (Å²) in [6, 6.07) is 18.6. The Labute approximate surface area is 151 Å². The second kappa shape index (κ2) is 4.98. The maximum atomic E-state index is 4.28. The van der Waals surface area contributed by atoms with Gasteiger partial charge < -0.3 is 0 Å². The third kappa shape index (κ3) is 1.64. The molecule has 1 heterocycles. The van der Waals surface area contributed by atoms with Gasteiger partial charge >= 0.3 is 0 Å². The highest BCUT2D eigenvalue weighted by atomic mass is 15.1. The first-order chi connectivity index (χ1) is 12.2. The minimum Gasteiger partial charge on any atom is -0.294 e. The molecule has 1 heteroatoms. The maximum absolute atomic E-state index is 4.28. The highest BCUT2D eigenvalue weighted by Crippen LogP contribution is 2.71. The number of rotatable bonds is 4. The van der Waals surface area contributed by atoms with Gasteiger partial charge in [0.05, 0.1) is 5.54 Å². The Morgan fingerprint density at radius 1 is 0.840 bits per heavy atom. The van der Waals surface area contributed by atoms with Crippen molar-refractivity contribution in [3.8, 4) is 0 Å². The van der Waals surface area contributed by atoms with E-state index < -0.39 is 0 Å². The second-order valence-electron chi connectivity index (χ2n) is 8.46. The van der Waals surface area contributed by atoms with E-state index in [0.29, 0.717) is 5.41 Å². The minimum absolute atomic E-state index is 0.0165. The lowest BCUT2D eigenvalue weighted by Crippen LogP contribution is -2.48. The summed E-state index contributed by atoms with van der Waals surface area (Å²) in [5, 5.41) is 4.28. The smallest absolute Gasteiger partial charge is 0.0701 e. The molecule has 5 rings (SSSR count). The van der Waals surface area contributed by atoms with Crippen LogP contribution in [0, 0.1) is 5.92 Å². The third-order valence-corrected chi connectivity index (χ3v) is 7.68. The number of hydrogen-bond donors (Lipinski definition) is 1. The van der Waals surface area contributed by atoms with Gasteiger partial charge in [-0.3, -0.25) is 5.32 Å². The standard InChI is InChI=1S/C24H29N/c1-4-15-22-16-21(22)24(6-3)20-14-10-9-13-19(20)23(5-2,25-24)18-12-8-7-11-17(18)22/h7-14,21,25H,4-6,15-16H2,1-3H3/t21?,22-,23?,24+/m1/s1. The van der Waals surface area contributed by atoms with Crippen LogP contribution < -0.4 is 5.32 Å². The van der Waals surface area contributed by atoms with Crippen molar-refractivity contribution in [2.75, 3.05) is 0 Å². The fraction of sp³-hybridized carbons (Fsp3) is 0.500. The lowest BCUT2D eigenvalue weighted by Gasteiger charge is -2.36. The van der Waals surface area contributed by atoms with E-state index in [4.69, 9.17) is 0 Å². The Bertz CT molecular complexity index is 839. The van der Waals surface area contributed by atoms with E-state index in [1.54, 1.807) is 16.7 Å². The van der Waals surface area contributed by atoms with E-state index >= 15 is 0 Å². The van der Waals surface area contributed by atoms with Crippen molar-refractivity contribution in [3.05, 3.63) is 70.8 Å². The molecule has 0 amide bonds. The van der Waals surface area contributed by atoms with Crippen LogP contribution in [-0.2, 0) is 16.5 Å². The zero-order valence-electron chi connectivity index (χ0n) is 15.7. The number of benzene rings is 2. The molecule has 0 aromatic heterocycles. The molecule has 2 aromatic rings. The van der Waals surface area contributed by atoms with Crippen molar-refractivity contribution >= 4 is 0 Å². The average molecular weight is 332 g/mol. The summed E-state index contributed by atoms with van der Waals surface area (Å²) in [5.41, 5.74) is 6.81. The predicted octanol–water partition coefficient (Wildman–Crippen LogP) is 5.62. The van der Waals surface area contributed by atoms with Crippen molar-refractivity contribution in [2.45, 2.75) is 69.4 Å². The molecule has 0 radical (unpaired) electrons. The fourth-order valence-corrected chi connectivity index (χ4v) is 6.64. The average Bonchev–Trinajstić information content (AvgIpc) is 3.32. The maximum Gasteiger partial charge on any atom is 0.0701 e. The number of fused-ring (bicyclic) bond motifs is 5. The van der Waals surface area contributed by atoms with Crippen molar-refractivity contribution in [3.63, 3.8) is 0 Å². The first-order valence-electron chi connectivity index (χ1n) is 10.2.